The summed E-state index contributed by atoms with van der Waals surface area (Å²) < 4.78 is 2.30. The van der Waals surface area contributed by atoms with Gasteiger partial charge in [-0.05, 0) is 31.9 Å². The van der Waals surface area contributed by atoms with Crippen LogP contribution in [0.2, 0.25) is 0 Å². The van der Waals surface area contributed by atoms with E-state index in [0.717, 1.165) is 42.8 Å². The van der Waals surface area contributed by atoms with E-state index in [1.807, 2.05) is 11.4 Å². The van der Waals surface area contributed by atoms with Crippen LogP contribution < -0.4 is 5.73 Å². The first-order chi connectivity index (χ1) is 9.78. The summed E-state index contributed by atoms with van der Waals surface area (Å²) in [6, 6.07) is 8.32. The molecule has 0 atom stereocenters. The summed E-state index contributed by atoms with van der Waals surface area (Å²) in [6.45, 7) is 3.12. The normalized spacial score (nSPS) is 11.2. The topological polar surface area (TPSA) is 56.7 Å². The number of aryl methyl sites for hydroxylation is 3. The lowest BCUT2D eigenvalue weighted by molar-refractivity contribution is 0.679. The molecule has 0 radical (unpaired) electrons. The Labute approximate surface area is 122 Å². The van der Waals surface area contributed by atoms with Gasteiger partial charge in [-0.3, -0.25) is 0 Å². The second kappa shape index (κ2) is 5.63. The third kappa shape index (κ3) is 2.54. The SMILES string of the molecule is CCn1c(CCCc2csc(N)n2)nc2ccccc21. The second-order valence-corrected chi connectivity index (χ2v) is 5.68. The van der Waals surface area contributed by atoms with Crippen molar-refractivity contribution in [1.29, 1.82) is 0 Å². The zero-order valence-electron chi connectivity index (χ0n) is 11.5. The minimum atomic E-state index is 0.654. The van der Waals surface area contributed by atoms with Crippen LogP contribution in [0.4, 0.5) is 5.13 Å². The number of rotatable bonds is 5. The number of anilines is 1. The van der Waals surface area contributed by atoms with Crippen molar-refractivity contribution in [2.24, 2.45) is 0 Å². The van der Waals surface area contributed by atoms with Gasteiger partial charge in [-0.15, -0.1) is 11.3 Å². The number of nitrogens with two attached hydrogens (primary N) is 1. The fraction of sp³-hybridized carbons (Fsp3) is 0.333. The van der Waals surface area contributed by atoms with Gasteiger partial charge in [-0.1, -0.05) is 12.1 Å². The summed E-state index contributed by atoms with van der Waals surface area (Å²) >= 11 is 1.51. The largest absolute Gasteiger partial charge is 0.375 e. The van der Waals surface area contributed by atoms with Gasteiger partial charge in [-0.2, -0.15) is 0 Å². The molecule has 0 fully saturated rings. The number of fused-ring (bicyclic) bond motifs is 1. The Morgan fingerprint density at radius 3 is 2.80 bits per heavy atom. The molecular weight excluding hydrogens is 268 g/mol. The highest BCUT2D eigenvalue weighted by atomic mass is 32.1. The van der Waals surface area contributed by atoms with Gasteiger partial charge in [0.2, 0.25) is 0 Å². The molecule has 0 bridgehead atoms. The van der Waals surface area contributed by atoms with Gasteiger partial charge in [0, 0.05) is 18.3 Å². The molecule has 0 amide bonds. The smallest absolute Gasteiger partial charge is 0.180 e. The fourth-order valence-corrected chi connectivity index (χ4v) is 3.13. The number of nitrogen functional groups attached to an aromatic ring is 1. The summed E-state index contributed by atoms with van der Waals surface area (Å²) in [7, 11) is 0. The Kier molecular flexibility index (Phi) is 3.69. The zero-order valence-corrected chi connectivity index (χ0v) is 12.4. The molecule has 0 saturated heterocycles. The van der Waals surface area contributed by atoms with Crippen molar-refractivity contribution in [3.63, 3.8) is 0 Å². The van der Waals surface area contributed by atoms with Crippen LogP contribution in [0.1, 0.15) is 24.9 Å². The summed E-state index contributed by atoms with van der Waals surface area (Å²) in [5.74, 6) is 1.16. The van der Waals surface area contributed by atoms with Crippen molar-refractivity contribution in [2.45, 2.75) is 32.7 Å². The van der Waals surface area contributed by atoms with Gasteiger partial charge in [0.05, 0.1) is 16.7 Å². The maximum absolute atomic E-state index is 5.65. The molecule has 0 spiro atoms. The third-order valence-electron chi connectivity index (χ3n) is 3.45. The molecule has 5 heteroatoms. The van der Waals surface area contributed by atoms with Crippen LogP contribution in [0.5, 0.6) is 0 Å². The Morgan fingerprint density at radius 1 is 1.20 bits per heavy atom. The highest BCUT2D eigenvalue weighted by molar-refractivity contribution is 7.13. The number of imidazole rings is 1. The molecule has 2 aromatic heterocycles. The van der Waals surface area contributed by atoms with E-state index in [1.165, 1.54) is 16.9 Å². The third-order valence-corrected chi connectivity index (χ3v) is 4.18. The molecule has 0 aliphatic heterocycles. The first kappa shape index (κ1) is 13.1. The second-order valence-electron chi connectivity index (χ2n) is 4.79. The first-order valence-corrected chi connectivity index (χ1v) is 7.80. The van der Waals surface area contributed by atoms with E-state index in [1.54, 1.807) is 0 Å². The lowest BCUT2D eigenvalue weighted by Gasteiger charge is -2.05. The van der Waals surface area contributed by atoms with Crippen LogP contribution in [-0.2, 0) is 19.4 Å². The van der Waals surface area contributed by atoms with E-state index in [0.29, 0.717) is 5.13 Å². The fourth-order valence-electron chi connectivity index (χ4n) is 2.53. The Morgan fingerprint density at radius 2 is 2.05 bits per heavy atom. The van der Waals surface area contributed by atoms with E-state index in [4.69, 9.17) is 10.7 Å². The van der Waals surface area contributed by atoms with Crippen LogP contribution >= 0.6 is 11.3 Å². The molecule has 2 heterocycles. The highest BCUT2D eigenvalue weighted by Crippen LogP contribution is 2.18. The monoisotopic (exact) mass is 286 g/mol. The minimum absolute atomic E-state index is 0.654. The molecule has 0 unspecified atom stereocenters. The van der Waals surface area contributed by atoms with Crippen molar-refractivity contribution < 1.29 is 0 Å². The predicted octanol–water partition coefficient (Wildman–Crippen LogP) is 3.27. The summed E-state index contributed by atoms with van der Waals surface area (Å²) in [5.41, 5.74) is 9.05. The number of benzene rings is 1. The van der Waals surface area contributed by atoms with E-state index >= 15 is 0 Å². The molecule has 0 aliphatic carbocycles. The molecule has 104 valence electrons. The van der Waals surface area contributed by atoms with Crippen LogP contribution in [-0.4, -0.2) is 14.5 Å². The zero-order chi connectivity index (χ0) is 13.9. The Bertz CT molecular complexity index is 714. The van der Waals surface area contributed by atoms with Crippen LogP contribution in [0, 0.1) is 0 Å². The quantitative estimate of drug-likeness (QED) is 0.783. The molecule has 0 aliphatic rings. The highest BCUT2D eigenvalue weighted by Gasteiger charge is 2.09. The van der Waals surface area contributed by atoms with Crippen molar-refractivity contribution in [3.8, 4) is 0 Å². The van der Waals surface area contributed by atoms with E-state index in [2.05, 4.69) is 34.7 Å². The van der Waals surface area contributed by atoms with E-state index < -0.39 is 0 Å². The van der Waals surface area contributed by atoms with Crippen LogP contribution in [0.3, 0.4) is 0 Å². The van der Waals surface area contributed by atoms with Gasteiger partial charge in [0.15, 0.2) is 5.13 Å². The van der Waals surface area contributed by atoms with Crippen LogP contribution in [0.25, 0.3) is 11.0 Å². The van der Waals surface area contributed by atoms with Gasteiger partial charge >= 0.3 is 0 Å². The number of hydrogen-bond donors (Lipinski definition) is 1. The molecule has 3 aromatic rings. The average molecular weight is 286 g/mol. The minimum Gasteiger partial charge on any atom is -0.375 e. The maximum Gasteiger partial charge on any atom is 0.180 e. The lowest BCUT2D eigenvalue weighted by Crippen LogP contribution is -2.02. The van der Waals surface area contributed by atoms with Crippen molar-refractivity contribution in [2.75, 3.05) is 5.73 Å². The molecule has 4 nitrogen and oxygen atoms in total. The van der Waals surface area contributed by atoms with Gasteiger partial charge in [0.1, 0.15) is 5.82 Å². The summed E-state index contributed by atoms with van der Waals surface area (Å²) in [6.07, 6.45) is 2.98. The standard InChI is InChI=1S/C15H18N4S/c1-2-19-13-8-4-3-7-12(13)18-14(19)9-5-6-11-10-20-15(16)17-11/h3-4,7-8,10H,2,5-6,9H2,1H3,(H2,16,17). The summed E-state index contributed by atoms with van der Waals surface area (Å²) in [5, 5.41) is 2.69. The molecular formula is C15H18N4S. The Hall–Kier alpha value is -1.88. The molecule has 1 aromatic carbocycles. The van der Waals surface area contributed by atoms with Crippen molar-refractivity contribution >= 4 is 27.5 Å². The van der Waals surface area contributed by atoms with E-state index in [9.17, 15) is 0 Å². The number of thiazole rings is 1. The molecule has 0 saturated carbocycles. The molecule has 20 heavy (non-hydrogen) atoms. The number of para-hydroxylation sites is 2. The van der Waals surface area contributed by atoms with Crippen molar-refractivity contribution in [1.82, 2.24) is 14.5 Å². The molecule has 2 N–H and O–H groups in total. The summed E-state index contributed by atoms with van der Waals surface area (Å²) in [4.78, 5) is 9.04. The number of hydrogen-bond acceptors (Lipinski definition) is 4. The first-order valence-electron chi connectivity index (χ1n) is 6.92. The van der Waals surface area contributed by atoms with Crippen LogP contribution in [0.15, 0.2) is 29.6 Å². The maximum atomic E-state index is 5.65. The average Bonchev–Trinajstić information content (AvgIpc) is 3.02. The van der Waals surface area contributed by atoms with Gasteiger partial charge in [0.25, 0.3) is 0 Å². The predicted molar refractivity (Wildman–Crippen MR) is 84.0 cm³/mol. The van der Waals surface area contributed by atoms with Gasteiger partial charge in [-0.25, -0.2) is 9.97 Å². The van der Waals surface area contributed by atoms with E-state index in [-0.39, 0.29) is 0 Å². The molecule has 3 rings (SSSR count). The lowest BCUT2D eigenvalue weighted by atomic mass is 10.2. The van der Waals surface area contributed by atoms with Crippen molar-refractivity contribution in [3.05, 3.63) is 41.2 Å². The van der Waals surface area contributed by atoms with Gasteiger partial charge < -0.3 is 10.3 Å². The number of aromatic nitrogens is 3. The Balaban J connectivity index is 1.73. The number of nitrogens with zero attached hydrogens (tertiary/aromatic N) is 3.